The minimum Gasteiger partial charge on any atom is -0.373 e. The molecule has 0 amide bonds. The standard InChI is InChI=1S/C11H21N3O2/c1-5-8(12)6-9-13-11(14-16-9)10(15-4)7(2)3/h7-8,10H,5-6,12H2,1-4H3. The van der Waals surface area contributed by atoms with Crippen LogP contribution in [-0.4, -0.2) is 23.3 Å². The van der Waals surface area contributed by atoms with Crippen LogP contribution in [0.4, 0.5) is 0 Å². The molecule has 1 aromatic rings. The summed E-state index contributed by atoms with van der Waals surface area (Å²) in [5.74, 6) is 1.51. The predicted octanol–water partition coefficient (Wildman–Crippen LogP) is 1.69. The van der Waals surface area contributed by atoms with E-state index in [2.05, 4.69) is 24.0 Å². The van der Waals surface area contributed by atoms with Crippen molar-refractivity contribution >= 4 is 0 Å². The van der Waals surface area contributed by atoms with E-state index in [0.29, 0.717) is 24.1 Å². The van der Waals surface area contributed by atoms with E-state index in [-0.39, 0.29) is 12.1 Å². The first-order valence-electron chi connectivity index (χ1n) is 5.69. The highest BCUT2D eigenvalue weighted by atomic mass is 16.5. The Morgan fingerprint density at radius 3 is 2.62 bits per heavy atom. The van der Waals surface area contributed by atoms with E-state index in [1.807, 2.05) is 6.92 Å². The SMILES string of the molecule is CCC(N)Cc1nc(C(OC)C(C)C)no1. The van der Waals surface area contributed by atoms with Gasteiger partial charge in [-0.05, 0) is 12.3 Å². The van der Waals surface area contributed by atoms with Gasteiger partial charge in [0.15, 0.2) is 0 Å². The molecule has 0 aliphatic rings. The lowest BCUT2D eigenvalue weighted by molar-refractivity contribution is 0.0555. The number of aromatic nitrogens is 2. The predicted molar refractivity (Wildman–Crippen MR) is 60.9 cm³/mol. The van der Waals surface area contributed by atoms with Crippen LogP contribution in [0, 0.1) is 5.92 Å². The van der Waals surface area contributed by atoms with Gasteiger partial charge in [-0.2, -0.15) is 4.98 Å². The molecule has 0 fully saturated rings. The Morgan fingerprint density at radius 1 is 1.44 bits per heavy atom. The average molecular weight is 227 g/mol. The number of nitrogens with zero attached hydrogens (tertiary/aromatic N) is 2. The topological polar surface area (TPSA) is 74.2 Å². The Labute approximate surface area is 96.4 Å². The van der Waals surface area contributed by atoms with Crippen molar-refractivity contribution in [1.29, 1.82) is 0 Å². The van der Waals surface area contributed by atoms with Crippen LogP contribution in [0.5, 0.6) is 0 Å². The molecule has 1 heterocycles. The maximum atomic E-state index is 5.82. The first-order valence-corrected chi connectivity index (χ1v) is 5.69. The van der Waals surface area contributed by atoms with Gasteiger partial charge >= 0.3 is 0 Å². The molecule has 0 aliphatic heterocycles. The maximum Gasteiger partial charge on any atom is 0.228 e. The van der Waals surface area contributed by atoms with Crippen LogP contribution >= 0.6 is 0 Å². The smallest absolute Gasteiger partial charge is 0.228 e. The zero-order valence-electron chi connectivity index (χ0n) is 10.4. The zero-order valence-corrected chi connectivity index (χ0v) is 10.4. The number of hydrogen-bond acceptors (Lipinski definition) is 5. The number of methoxy groups -OCH3 is 1. The molecule has 1 rings (SSSR count). The van der Waals surface area contributed by atoms with Crippen molar-refractivity contribution in [3.8, 4) is 0 Å². The maximum absolute atomic E-state index is 5.82. The Kier molecular flexibility index (Phi) is 4.89. The number of rotatable bonds is 6. The van der Waals surface area contributed by atoms with Crippen LogP contribution in [0.25, 0.3) is 0 Å². The lowest BCUT2D eigenvalue weighted by Gasteiger charge is -2.14. The monoisotopic (exact) mass is 227 g/mol. The molecular weight excluding hydrogens is 206 g/mol. The molecular formula is C11H21N3O2. The first-order chi connectivity index (χ1) is 7.58. The third-order valence-electron chi connectivity index (χ3n) is 2.56. The molecule has 1 aromatic heterocycles. The molecule has 2 atom stereocenters. The minimum atomic E-state index is -0.115. The number of hydrogen-bond donors (Lipinski definition) is 1. The van der Waals surface area contributed by atoms with Gasteiger partial charge in [-0.25, -0.2) is 0 Å². The van der Waals surface area contributed by atoms with Crippen molar-refractivity contribution in [3.05, 3.63) is 11.7 Å². The summed E-state index contributed by atoms with van der Waals surface area (Å²) in [5.41, 5.74) is 5.82. The molecule has 0 spiro atoms. The van der Waals surface area contributed by atoms with Crippen molar-refractivity contribution in [1.82, 2.24) is 10.1 Å². The van der Waals surface area contributed by atoms with E-state index in [9.17, 15) is 0 Å². The van der Waals surface area contributed by atoms with Gasteiger partial charge in [0, 0.05) is 19.6 Å². The molecule has 0 radical (unpaired) electrons. The lowest BCUT2D eigenvalue weighted by atomic mass is 10.1. The summed E-state index contributed by atoms with van der Waals surface area (Å²) in [6.45, 7) is 6.15. The third kappa shape index (κ3) is 3.28. The minimum absolute atomic E-state index is 0.0772. The van der Waals surface area contributed by atoms with Gasteiger partial charge in [0.2, 0.25) is 11.7 Å². The Balaban J connectivity index is 2.69. The highest BCUT2D eigenvalue weighted by Crippen LogP contribution is 2.22. The summed E-state index contributed by atoms with van der Waals surface area (Å²) in [6.07, 6.45) is 1.41. The summed E-state index contributed by atoms with van der Waals surface area (Å²) in [6, 6.07) is 0.0772. The highest BCUT2D eigenvalue weighted by molar-refractivity contribution is 4.94. The van der Waals surface area contributed by atoms with E-state index >= 15 is 0 Å². The van der Waals surface area contributed by atoms with Gasteiger partial charge in [-0.1, -0.05) is 25.9 Å². The van der Waals surface area contributed by atoms with Crippen molar-refractivity contribution in [2.24, 2.45) is 11.7 Å². The molecule has 16 heavy (non-hydrogen) atoms. The van der Waals surface area contributed by atoms with Gasteiger partial charge in [0.25, 0.3) is 0 Å². The van der Waals surface area contributed by atoms with Gasteiger partial charge in [0.1, 0.15) is 6.10 Å². The second kappa shape index (κ2) is 5.96. The lowest BCUT2D eigenvalue weighted by Crippen LogP contribution is -2.21. The van der Waals surface area contributed by atoms with E-state index in [1.165, 1.54) is 0 Å². The normalized spacial score (nSPS) is 15.4. The van der Waals surface area contributed by atoms with E-state index in [1.54, 1.807) is 7.11 Å². The Bertz CT molecular complexity index is 312. The molecule has 5 heteroatoms. The van der Waals surface area contributed by atoms with Crippen LogP contribution in [0.15, 0.2) is 4.52 Å². The van der Waals surface area contributed by atoms with Gasteiger partial charge in [0.05, 0.1) is 0 Å². The van der Waals surface area contributed by atoms with E-state index < -0.39 is 0 Å². The second-order valence-corrected chi connectivity index (χ2v) is 4.32. The van der Waals surface area contributed by atoms with Crippen molar-refractivity contribution in [2.75, 3.05) is 7.11 Å². The van der Waals surface area contributed by atoms with Crippen molar-refractivity contribution < 1.29 is 9.26 Å². The molecule has 0 aromatic carbocycles. The van der Waals surface area contributed by atoms with Crippen LogP contribution in [0.3, 0.4) is 0 Å². The van der Waals surface area contributed by atoms with Gasteiger partial charge < -0.3 is 15.0 Å². The summed E-state index contributed by atoms with van der Waals surface area (Å²) >= 11 is 0. The van der Waals surface area contributed by atoms with Crippen LogP contribution in [0.2, 0.25) is 0 Å². The number of nitrogens with two attached hydrogens (primary N) is 1. The zero-order chi connectivity index (χ0) is 12.1. The van der Waals surface area contributed by atoms with E-state index in [4.69, 9.17) is 15.0 Å². The number of ether oxygens (including phenoxy) is 1. The van der Waals surface area contributed by atoms with Gasteiger partial charge in [-0.15, -0.1) is 0 Å². The summed E-state index contributed by atoms with van der Waals surface area (Å²) < 4.78 is 10.5. The van der Waals surface area contributed by atoms with Gasteiger partial charge in [-0.3, -0.25) is 0 Å². The Hall–Kier alpha value is -0.940. The molecule has 92 valence electrons. The fourth-order valence-corrected chi connectivity index (χ4v) is 1.51. The highest BCUT2D eigenvalue weighted by Gasteiger charge is 2.21. The van der Waals surface area contributed by atoms with Crippen molar-refractivity contribution in [3.63, 3.8) is 0 Å². The molecule has 0 bridgehead atoms. The van der Waals surface area contributed by atoms with E-state index in [0.717, 1.165) is 6.42 Å². The summed E-state index contributed by atoms with van der Waals surface area (Å²) in [5, 5.41) is 3.93. The van der Waals surface area contributed by atoms with Crippen LogP contribution in [-0.2, 0) is 11.2 Å². The first kappa shape index (κ1) is 13.1. The van der Waals surface area contributed by atoms with Crippen molar-refractivity contribution in [2.45, 2.75) is 45.8 Å². The fraction of sp³-hybridized carbons (Fsp3) is 0.818. The fourth-order valence-electron chi connectivity index (χ4n) is 1.51. The van der Waals surface area contributed by atoms with Crippen LogP contribution in [0.1, 0.15) is 45.0 Å². The molecule has 0 saturated carbocycles. The molecule has 0 saturated heterocycles. The molecule has 0 aliphatic carbocycles. The third-order valence-corrected chi connectivity index (χ3v) is 2.56. The largest absolute Gasteiger partial charge is 0.373 e. The average Bonchev–Trinajstić information content (AvgIpc) is 2.66. The van der Waals surface area contributed by atoms with Crippen LogP contribution < -0.4 is 5.73 Å². The summed E-state index contributed by atoms with van der Waals surface area (Å²) in [7, 11) is 1.65. The Morgan fingerprint density at radius 2 is 2.12 bits per heavy atom. The molecule has 5 nitrogen and oxygen atoms in total. The quantitative estimate of drug-likeness (QED) is 0.800. The second-order valence-electron chi connectivity index (χ2n) is 4.32. The molecule has 2 N–H and O–H groups in total. The summed E-state index contributed by atoms with van der Waals surface area (Å²) in [4.78, 5) is 4.31. The molecule has 2 unspecified atom stereocenters.